The first-order chi connectivity index (χ1) is 8.70. The Morgan fingerprint density at radius 3 is 2.72 bits per heavy atom. The molecule has 4 nitrogen and oxygen atoms in total. The molecule has 4 heteroatoms. The van der Waals surface area contributed by atoms with Gasteiger partial charge in [-0.1, -0.05) is 0 Å². The molecule has 1 atom stereocenters. The minimum atomic E-state index is 0.377. The topological polar surface area (TPSA) is 47.0 Å². The molecule has 0 amide bonds. The predicted molar refractivity (Wildman–Crippen MR) is 71.5 cm³/mol. The van der Waals surface area contributed by atoms with E-state index in [9.17, 15) is 0 Å². The molecule has 0 aromatic carbocycles. The average molecular weight is 249 g/mol. The molecule has 1 aliphatic rings. The Labute approximate surface area is 109 Å². The molecule has 2 rings (SSSR count). The standard InChI is InChI=1S/C14H23N3O/c1-10-8-13(11(2)17-16-10)14(15-3)9-12-4-6-18-7-5-12/h8,12,14-15H,4-7,9H2,1-3H3. The van der Waals surface area contributed by atoms with E-state index in [2.05, 4.69) is 21.6 Å². The van der Waals surface area contributed by atoms with Crippen LogP contribution in [-0.2, 0) is 4.74 Å². The van der Waals surface area contributed by atoms with E-state index in [4.69, 9.17) is 4.74 Å². The fourth-order valence-corrected chi connectivity index (χ4v) is 2.64. The zero-order valence-electron chi connectivity index (χ0n) is 11.6. The van der Waals surface area contributed by atoms with Crippen LogP contribution in [0.4, 0.5) is 0 Å². The molecule has 1 aromatic rings. The SMILES string of the molecule is CNC(CC1CCOCC1)c1cc(C)nnc1C. The van der Waals surface area contributed by atoms with E-state index >= 15 is 0 Å². The van der Waals surface area contributed by atoms with Gasteiger partial charge in [-0.3, -0.25) is 0 Å². The second-order valence-corrected chi connectivity index (χ2v) is 5.16. The van der Waals surface area contributed by atoms with Gasteiger partial charge in [-0.15, -0.1) is 0 Å². The fourth-order valence-electron chi connectivity index (χ4n) is 2.64. The number of hydrogen-bond donors (Lipinski definition) is 1. The summed E-state index contributed by atoms with van der Waals surface area (Å²) in [6, 6.07) is 2.53. The van der Waals surface area contributed by atoms with Crippen LogP contribution in [0.5, 0.6) is 0 Å². The van der Waals surface area contributed by atoms with Crippen molar-refractivity contribution < 1.29 is 4.74 Å². The van der Waals surface area contributed by atoms with E-state index in [0.717, 1.165) is 36.9 Å². The number of rotatable bonds is 4. The first-order valence-electron chi connectivity index (χ1n) is 6.76. The van der Waals surface area contributed by atoms with Crippen LogP contribution in [0.15, 0.2) is 6.07 Å². The van der Waals surface area contributed by atoms with Gasteiger partial charge in [-0.2, -0.15) is 10.2 Å². The summed E-state index contributed by atoms with van der Waals surface area (Å²) in [7, 11) is 2.03. The Morgan fingerprint density at radius 1 is 1.33 bits per heavy atom. The summed E-state index contributed by atoms with van der Waals surface area (Å²) >= 11 is 0. The lowest BCUT2D eigenvalue weighted by atomic mass is 9.89. The molecule has 1 aliphatic heterocycles. The molecule has 1 saturated heterocycles. The largest absolute Gasteiger partial charge is 0.381 e. The highest BCUT2D eigenvalue weighted by Crippen LogP contribution is 2.28. The van der Waals surface area contributed by atoms with Gasteiger partial charge in [0.15, 0.2) is 0 Å². The molecule has 2 heterocycles. The lowest BCUT2D eigenvalue weighted by Gasteiger charge is -2.27. The average Bonchev–Trinajstić information content (AvgIpc) is 2.40. The van der Waals surface area contributed by atoms with Crippen LogP contribution in [0.3, 0.4) is 0 Å². The van der Waals surface area contributed by atoms with Gasteiger partial charge in [0.2, 0.25) is 0 Å². The molecule has 1 N–H and O–H groups in total. The number of ether oxygens (including phenoxy) is 1. The van der Waals surface area contributed by atoms with Gasteiger partial charge in [0.1, 0.15) is 0 Å². The maximum atomic E-state index is 5.42. The first-order valence-corrected chi connectivity index (χ1v) is 6.76. The Morgan fingerprint density at radius 2 is 2.06 bits per heavy atom. The van der Waals surface area contributed by atoms with Crippen LogP contribution < -0.4 is 5.32 Å². The number of aromatic nitrogens is 2. The molecule has 1 unspecified atom stereocenters. The molecule has 100 valence electrons. The van der Waals surface area contributed by atoms with Crippen molar-refractivity contribution >= 4 is 0 Å². The third-order valence-corrected chi connectivity index (χ3v) is 3.77. The van der Waals surface area contributed by atoms with Crippen molar-refractivity contribution in [1.82, 2.24) is 15.5 Å². The summed E-state index contributed by atoms with van der Waals surface area (Å²) < 4.78 is 5.42. The maximum Gasteiger partial charge on any atom is 0.0648 e. The van der Waals surface area contributed by atoms with Crippen molar-refractivity contribution in [3.8, 4) is 0 Å². The van der Waals surface area contributed by atoms with Crippen molar-refractivity contribution in [3.63, 3.8) is 0 Å². The summed E-state index contributed by atoms with van der Waals surface area (Å²) in [5, 5.41) is 11.8. The van der Waals surface area contributed by atoms with Gasteiger partial charge in [-0.25, -0.2) is 0 Å². The molecule has 0 aliphatic carbocycles. The second kappa shape index (κ2) is 6.25. The number of nitrogens with one attached hydrogen (secondary N) is 1. The predicted octanol–water partition coefficient (Wildman–Crippen LogP) is 2.17. The molecular weight excluding hydrogens is 226 g/mol. The number of hydrogen-bond acceptors (Lipinski definition) is 4. The molecule has 0 bridgehead atoms. The number of nitrogens with zero attached hydrogens (tertiary/aromatic N) is 2. The van der Waals surface area contributed by atoms with Gasteiger partial charge < -0.3 is 10.1 Å². The summed E-state index contributed by atoms with van der Waals surface area (Å²) in [4.78, 5) is 0. The van der Waals surface area contributed by atoms with E-state index < -0.39 is 0 Å². The smallest absolute Gasteiger partial charge is 0.0648 e. The fraction of sp³-hybridized carbons (Fsp3) is 0.714. The van der Waals surface area contributed by atoms with Crippen molar-refractivity contribution in [3.05, 3.63) is 23.0 Å². The Balaban J connectivity index is 2.09. The summed E-state index contributed by atoms with van der Waals surface area (Å²) in [5.74, 6) is 0.754. The normalized spacial score (nSPS) is 18.8. The Bertz CT molecular complexity index is 389. The highest BCUT2D eigenvalue weighted by molar-refractivity contribution is 5.23. The van der Waals surface area contributed by atoms with E-state index in [-0.39, 0.29) is 0 Å². The van der Waals surface area contributed by atoms with Crippen LogP contribution in [-0.4, -0.2) is 30.5 Å². The van der Waals surface area contributed by atoms with Crippen molar-refractivity contribution in [2.24, 2.45) is 5.92 Å². The van der Waals surface area contributed by atoms with Gasteiger partial charge in [-0.05, 0) is 57.7 Å². The van der Waals surface area contributed by atoms with Crippen molar-refractivity contribution in [2.75, 3.05) is 20.3 Å². The molecule has 18 heavy (non-hydrogen) atoms. The van der Waals surface area contributed by atoms with Crippen LogP contribution in [0.1, 0.15) is 42.3 Å². The van der Waals surface area contributed by atoms with Crippen LogP contribution in [0.25, 0.3) is 0 Å². The highest BCUT2D eigenvalue weighted by Gasteiger charge is 2.21. The van der Waals surface area contributed by atoms with Gasteiger partial charge >= 0.3 is 0 Å². The van der Waals surface area contributed by atoms with Crippen LogP contribution in [0, 0.1) is 19.8 Å². The minimum Gasteiger partial charge on any atom is -0.381 e. The van der Waals surface area contributed by atoms with Gasteiger partial charge in [0.25, 0.3) is 0 Å². The van der Waals surface area contributed by atoms with E-state index in [0.29, 0.717) is 6.04 Å². The van der Waals surface area contributed by atoms with Gasteiger partial charge in [0, 0.05) is 19.3 Å². The van der Waals surface area contributed by atoms with Crippen LogP contribution in [0.2, 0.25) is 0 Å². The third-order valence-electron chi connectivity index (χ3n) is 3.77. The monoisotopic (exact) mass is 249 g/mol. The van der Waals surface area contributed by atoms with Crippen LogP contribution >= 0.6 is 0 Å². The third kappa shape index (κ3) is 3.27. The summed E-state index contributed by atoms with van der Waals surface area (Å²) in [5.41, 5.74) is 3.31. The first kappa shape index (κ1) is 13.4. The van der Waals surface area contributed by atoms with E-state index in [1.54, 1.807) is 0 Å². The van der Waals surface area contributed by atoms with E-state index in [1.165, 1.54) is 18.4 Å². The highest BCUT2D eigenvalue weighted by atomic mass is 16.5. The van der Waals surface area contributed by atoms with Gasteiger partial charge in [0.05, 0.1) is 11.4 Å². The van der Waals surface area contributed by atoms with Crippen molar-refractivity contribution in [1.29, 1.82) is 0 Å². The van der Waals surface area contributed by atoms with Crippen molar-refractivity contribution in [2.45, 2.75) is 39.2 Å². The zero-order valence-corrected chi connectivity index (χ0v) is 11.6. The molecule has 0 radical (unpaired) electrons. The lowest BCUT2D eigenvalue weighted by Crippen LogP contribution is -2.25. The Hall–Kier alpha value is -1.00. The molecule has 1 fully saturated rings. The second-order valence-electron chi connectivity index (χ2n) is 5.16. The number of aryl methyl sites for hydroxylation is 2. The molecule has 1 aromatic heterocycles. The lowest BCUT2D eigenvalue weighted by molar-refractivity contribution is 0.0607. The zero-order chi connectivity index (χ0) is 13.0. The molecular formula is C14H23N3O. The molecule has 0 saturated carbocycles. The molecule has 0 spiro atoms. The Kier molecular flexibility index (Phi) is 4.66. The maximum absolute atomic E-state index is 5.42. The van der Waals surface area contributed by atoms with E-state index in [1.807, 2.05) is 20.9 Å². The summed E-state index contributed by atoms with van der Waals surface area (Å²) in [6.45, 7) is 5.86. The quantitative estimate of drug-likeness (QED) is 0.888. The summed E-state index contributed by atoms with van der Waals surface area (Å²) in [6.07, 6.45) is 3.51. The minimum absolute atomic E-state index is 0.377.